The van der Waals surface area contributed by atoms with Gasteiger partial charge in [-0.25, -0.2) is 4.98 Å². The number of benzene rings is 1. The van der Waals surface area contributed by atoms with Gasteiger partial charge < -0.3 is 10.1 Å². The van der Waals surface area contributed by atoms with Gasteiger partial charge in [0.2, 0.25) is 0 Å². The molecule has 0 amide bonds. The Morgan fingerprint density at radius 1 is 1.18 bits per heavy atom. The number of piperidine rings is 1. The summed E-state index contributed by atoms with van der Waals surface area (Å²) < 4.78 is 40.3. The normalized spacial score (nSPS) is 19.1. The average Bonchev–Trinajstić information content (AvgIpc) is 2.97. The predicted molar refractivity (Wildman–Crippen MR) is 78.8 cm³/mol. The van der Waals surface area contributed by atoms with Crippen molar-refractivity contribution in [1.82, 2.24) is 10.3 Å². The molecule has 1 fully saturated rings. The Labute approximate surface area is 130 Å². The Hall–Kier alpha value is -1.60. The molecule has 1 aromatic carbocycles. The summed E-state index contributed by atoms with van der Waals surface area (Å²) in [5.74, 6) is -0.222. The standard InChI is InChI=1S/C15H15F3N2OS/c16-15(17,18)21-11-6-4-10(5-7-11)13-9-22-14(20-13)12-3-1-2-8-19-12/h4-7,9,12,19H,1-3,8H2/t12-/m1/s1. The van der Waals surface area contributed by atoms with Gasteiger partial charge in [-0.05, 0) is 43.7 Å². The van der Waals surface area contributed by atoms with E-state index in [9.17, 15) is 13.2 Å². The highest BCUT2D eigenvalue weighted by Gasteiger charge is 2.31. The molecule has 0 aliphatic carbocycles. The molecule has 3 nitrogen and oxygen atoms in total. The molecule has 2 heterocycles. The van der Waals surface area contributed by atoms with Crippen LogP contribution in [0.4, 0.5) is 13.2 Å². The van der Waals surface area contributed by atoms with Crippen molar-refractivity contribution in [3.05, 3.63) is 34.7 Å². The lowest BCUT2D eigenvalue weighted by atomic mass is 10.1. The van der Waals surface area contributed by atoms with Crippen LogP contribution in [0.3, 0.4) is 0 Å². The molecule has 0 unspecified atom stereocenters. The summed E-state index contributed by atoms with van der Waals surface area (Å²) in [5.41, 5.74) is 1.57. The molecule has 22 heavy (non-hydrogen) atoms. The Morgan fingerprint density at radius 2 is 1.95 bits per heavy atom. The van der Waals surface area contributed by atoms with Crippen LogP contribution in [-0.2, 0) is 0 Å². The quantitative estimate of drug-likeness (QED) is 0.899. The van der Waals surface area contributed by atoms with Crippen LogP contribution in [0.25, 0.3) is 11.3 Å². The molecule has 1 atom stereocenters. The first-order valence-corrected chi connectivity index (χ1v) is 7.94. The molecule has 2 aromatic rings. The molecular weight excluding hydrogens is 313 g/mol. The molecule has 1 aromatic heterocycles. The maximum atomic E-state index is 12.1. The molecule has 0 saturated carbocycles. The first kappa shape index (κ1) is 15.3. The number of nitrogens with one attached hydrogen (secondary N) is 1. The van der Waals surface area contributed by atoms with Gasteiger partial charge >= 0.3 is 6.36 Å². The minimum absolute atomic E-state index is 0.222. The van der Waals surface area contributed by atoms with Gasteiger partial charge in [0, 0.05) is 10.9 Å². The second kappa shape index (κ2) is 6.26. The number of alkyl halides is 3. The summed E-state index contributed by atoms with van der Waals surface area (Å²) in [5, 5.41) is 6.41. The van der Waals surface area contributed by atoms with Crippen molar-refractivity contribution in [2.24, 2.45) is 0 Å². The molecule has 1 aliphatic rings. The van der Waals surface area contributed by atoms with Gasteiger partial charge in [0.1, 0.15) is 10.8 Å². The summed E-state index contributed by atoms with van der Waals surface area (Å²) in [6.07, 6.45) is -1.21. The van der Waals surface area contributed by atoms with E-state index in [4.69, 9.17) is 0 Å². The fourth-order valence-electron chi connectivity index (χ4n) is 2.47. The molecule has 1 N–H and O–H groups in total. The number of aromatic nitrogens is 1. The number of nitrogens with zero attached hydrogens (tertiary/aromatic N) is 1. The van der Waals surface area contributed by atoms with Crippen LogP contribution >= 0.6 is 11.3 Å². The van der Waals surface area contributed by atoms with E-state index in [1.165, 1.54) is 25.0 Å². The monoisotopic (exact) mass is 328 g/mol. The fourth-order valence-corrected chi connectivity index (χ4v) is 3.41. The van der Waals surface area contributed by atoms with E-state index in [1.54, 1.807) is 23.5 Å². The van der Waals surface area contributed by atoms with Crippen LogP contribution in [0, 0.1) is 0 Å². The third-order valence-corrected chi connectivity index (χ3v) is 4.47. The van der Waals surface area contributed by atoms with Crippen molar-refractivity contribution in [2.45, 2.75) is 31.7 Å². The van der Waals surface area contributed by atoms with Crippen LogP contribution in [0.1, 0.15) is 30.3 Å². The summed E-state index contributed by atoms with van der Waals surface area (Å²) in [4.78, 5) is 4.60. The van der Waals surface area contributed by atoms with Gasteiger partial charge in [-0.1, -0.05) is 6.42 Å². The maximum absolute atomic E-state index is 12.1. The Bertz CT molecular complexity index is 618. The summed E-state index contributed by atoms with van der Waals surface area (Å²) >= 11 is 1.58. The lowest BCUT2D eigenvalue weighted by molar-refractivity contribution is -0.274. The average molecular weight is 328 g/mol. The van der Waals surface area contributed by atoms with E-state index in [0.29, 0.717) is 6.04 Å². The molecule has 0 spiro atoms. The number of hydrogen-bond donors (Lipinski definition) is 1. The summed E-state index contributed by atoms with van der Waals surface area (Å²) in [6, 6.07) is 6.09. The second-order valence-corrected chi connectivity index (χ2v) is 6.04. The first-order valence-electron chi connectivity index (χ1n) is 7.06. The zero-order chi connectivity index (χ0) is 15.6. The lowest BCUT2D eigenvalue weighted by Crippen LogP contribution is -2.26. The van der Waals surface area contributed by atoms with Crippen molar-refractivity contribution < 1.29 is 17.9 Å². The topological polar surface area (TPSA) is 34.1 Å². The van der Waals surface area contributed by atoms with Crippen LogP contribution in [0.2, 0.25) is 0 Å². The third-order valence-electron chi connectivity index (χ3n) is 3.51. The molecule has 7 heteroatoms. The predicted octanol–water partition coefficient (Wildman–Crippen LogP) is 4.52. The maximum Gasteiger partial charge on any atom is 0.573 e. The van der Waals surface area contributed by atoms with Gasteiger partial charge in [0.05, 0.1) is 11.7 Å². The minimum Gasteiger partial charge on any atom is -0.406 e. The highest BCUT2D eigenvalue weighted by atomic mass is 32.1. The smallest absolute Gasteiger partial charge is 0.406 e. The molecule has 1 aliphatic heterocycles. The number of halogens is 3. The summed E-state index contributed by atoms with van der Waals surface area (Å²) in [7, 11) is 0. The number of thiazole rings is 1. The number of hydrogen-bond acceptors (Lipinski definition) is 4. The largest absolute Gasteiger partial charge is 0.573 e. The van der Waals surface area contributed by atoms with Crippen molar-refractivity contribution in [3.8, 4) is 17.0 Å². The van der Waals surface area contributed by atoms with Gasteiger partial charge in [-0.15, -0.1) is 24.5 Å². The zero-order valence-corrected chi connectivity index (χ0v) is 12.5. The molecule has 0 radical (unpaired) electrons. The van der Waals surface area contributed by atoms with Crippen molar-refractivity contribution in [3.63, 3.8) is 0 Å². The fraction of sp³-hybridized carbons (Fsp3) is 0.400. The van der Waals surface area contributed by atoms with Crippen molar-refractivity contribution in [2.75, 3.05) is 6.54 Å². The highest BCUT2D eigenvalue weighted by molar-refractivity contribution is 7.10. The van der Waals surface area contributed by atoms with Gasteiger partial charge in [-0.3, -0.25) is 0 Å². The van der Waals surface area contributed by atoms with E-state index < -0.39 is 6.36 Å². The zero-order valence-electron chi connectivity index (χ0n) is 11.7. The minimum atomic E-state index is -4.66. The van der Waals surface area contributed by atoms with Crippen LogP contribution in [-0.4, -0.2) is 17.9 Å². The van der Waals surface area contributed by atoms with Crippen LogP contribution in [0.15, 0.2) is 29.6 Å². The van der Waals surface area contributed by atoms with Gasteiger partial charge in [0.15, 0.2) is 0 Å². The van der Waals surface area contributed by atoms with E-state index in [0.717, 1.165) is 29.2 Å². The van der Waals surface area contributed by atoms with Crippen molar-refractivity contribution >= 4 is 11.3 Å². The van der Waals surface area contributed by atoms with E-state index in [1.807, 2.05) is 5.38 Å². The van der Waals surface area contributed by atoms with E-state index >= 15 is 0 Å². The number of ether oxygens (including phenoxy) is 1. The Morgan fingerprint density at radius 3 is 2.59 bits per heavy atom. The molecule has 118 valence electrons. The molecule has 3 rings (SSSR count). The molecular formula is C15H15F3N2OS. The molecule has 0 bridgehead atoms. The lowest BCUT2D eigenvalue weighted by Gasteiger charge is -2.21. The Balaban J connectivity index is 1.73. The van der Waals surface area contributed by atoms with Gasteiger partial charge in [-0.2, -0.15) is 0 Å². The molecule has 1 saturated heterocycles. The summed E-state index contributed by atoms with van der Waals surface area (Å²) in [6.45, 7) is 1.00. The van der Waals surface area contributed by atoms with Crippen molar-refractivity contribution in [1.29, 1.82) is 0 Å². The van der Waals surface area contributed by atoms with E-state index in [2.05, 4.69) is 15.0 Å². The first-order chi connectivity index (χ1) is 10.5. The number of rotatable bonds is 3. The van der Waals surface area contributed by atoms with Crippen LogP contribution in [0.5, 0.6) is 5.75 Å². The van der Waals surface area contributed by atoms with E-state index in [-0.39, 0.29) is 5.75 Å². The third kappa shape index (κ3) is 3.78. The Kier molecular flexibility index (Phi) is 4.35. The highest BCUT2D eigenvalue weighted by Crippen LogP contribution is 2.31. The van der Waals surface area contributed by atoms with Crippen LogP contribution < -0.4 is 10.1 Å². The second-order valence-electron chi connectivity index (χ2n) is 5.15. The van der Waals surface area contributed by atoms with Gasteiger partial charge in [0.25, 0.3) is 0 Å². The SMILES string of the molecule is FC(F)(F)Oc1ccc(-c2csc([C@H]3CCCCN3)n2)cc1.